The third-order valence-corrected chi connectivity index (χ3v) is 4.82. The minimum Gasteiger partial charge on any atom is -0.392 e. The molecule has 5 heteroatoms. The number of aliphatic hydroxyl groups excluding tert-OH is 1. The van der Waals surface area contributed by atoms with Gasteiger partial charge in [0.1, 0.15) is 0 Å². The van der Waals surface area contributed by atoms with Gasteiger partial charge in [0, 0.05) is 12.0 Å². The summed E-state index contributed by atoms with van der Waals surface area (Å²) in [5.74, 6) is 0. The number of amides is 2. The van der Waals surface area contributed by atoms with E-state index in [-0.39, 0.29) is 23.6 Å². The standard InChI is InChI=1S/C18H25N3O2/c1-13(15-8-6-14(11-19)7-9-15)21-17(23)20-12-18(2)10-4-3-5-16(18)22/h6-9,13,16,22H,3-5,10,12H2,1-2H3,(H2,20,21,23)/t13-,16+,18-/m0/s1. The molecule has 5 nitrogen and oxygen atoms in total. The van der Waals surface area contributed by atoms with E-state index < -0.39 is 0 Å². The van der Waals surface area contributed by atoms with E-state index in [0.717, 1.165) is 31.2 Å². The molecule has 0 spiro atoms. The molecule has 124 valence electrons. The number of hydrogen-bond acceptors (Lipinski definition) is 3. The fourth-order valence-electron chi connectivity index (χ4n) is 3.05. The lowest BCUT2D eigenvalue weighted by Gasteiger charge is -2.38. The molecular formula is C18H25N3O2. The Balaban J connectivity index is 1.85. The Morgan fingerprint density at radius 3 is 2.74 bits per heavy atom. The molecule has 2 amide bonds. The van der Waals surface area contributed by atoms with E-state index in [2.05, 4.69) is 16.7 Å². The zero-order valence-electron chi connectivity index (χ0n) is 13.8. The Morgan fingerprint density at radius 2 is 2.13 bits per heavy atom. The van der Waals surface area contributed by atoms with Crippen molar-refractivity contribution < 1.29 is 9.90 Å². The Labute approximate surface area is 137 Å². The monoisotopic (exact) mass is 315 g/mol. The minimum atomic E-state index is -0.354. The van der Waals surface area contributed by atoms with Crippen LogP contribution >= 0.6 is 0 Å². The van der Waals surface area contributed by atoms with Gasteiger partial charge < -0.3 is 15.7 Å². The molecule has 1 fully saturated rings. The van der Waals surface area contributed by atoms with E-state index in [1.165, 1.54) is 0 Å². The Morgan fingerprint density at radius 1 is 1.43 bits per heavy atom. The number of rotatable bonds is 4. The van der Waals surface area contributed by atoms with Crippen molar-refractivity contribution in [2.24, 2.45) is 5.41 Å². The van der Waals surface area contributed by atoms with Crippen LogP contribution in [0.1, 0.15) is 56.7 Å². The summed E-state index contributed by atoms with van der Waals surface area (Å²) in [5.41, 5.74) is 1.31. The number of hydrogen-bond donors (Lipinski definition) is 3. The number of aliphatic hydroxyl groups is 1. The molecule has 0 saturated heterocycles. The lowest BCUT2D eigenvalue weighted by atomic mass is 9.73. The van der Waals surface area contributed by atoms with Crippen molar-refractivity contribution in [3.05, 3.63) is 35.4 Å². The molecule has 3 atom stereocenters. The summed E-state index contributed by atoms with van der Waals surface area (Å²) in [7, 11) is 0. The topological polar surface area (TPSA) is 85.2 Å². The van der Waals surface area contributed by atoms with Crippen molar-refractivity contribution in [2.75, 3.05) is 6.54 Å². The smallest absolute Gasteiger partial charge is 0.315 e. The zero-order chi connectivity index (χ0) is 16.9. The third kappa shape index (κ3) is 4.46. The lowest BCUT2D eigenvalue weighted by Crippen LogP contribution is -2.48. The van der Waals surface area contributed by atoms with Crippen LogP contribution in [0.4, 0.5) is 4.79 Å². The number of benzene rings is 1. The number of nitrogens with zero attached hydrogens (tertiary/aromatic N) is 1. The van der Waals surface area contributed by atoms with Crippen LogP contribution in [-0.4, -0.2) is 23.8 Å². The summed E-state index contributed by atoms with van der Waals surface area (Å²) < 4.78 is 0. The third-order valence-electron chi connectivity index (χ3n) is 4.82. The Hall–Kier alpha value is -2.06. The second-order valence-electron chi connectivity index (χ2n) is 6.70. The number of carbonyl (C=O) groups is 1. The first-order chi connectivity index (χ1) is 10.9. The van der Waals surface area contributed by atoms with Gasteiger partial charge in [0.15, 0.2) is 0 Å². The van der Waals surface area contributed by atoms with E-state index >= 15 is 0 Å². The average molecular weight is 315 g/mol. The number of nitriles is 1. The minimum absolute atomic E-state index is 0.146. The normalized spacial score (nSPS) is 25.2. The van der Waals surface area contributed by atoms with Crippen LogP contribution in [-0.2, 0) is 0 Å². The van der Waals surface area contributed by atoms with Crippen molar-refractivity contribution in [3.8, 4) is 6.07 Å². The van der Waals surface area contributed by atoms with Gasteiger partial charge in [-0.1, -0.05) is 31.9 Å². The quantitative estimate of drug-likeness (QED) is 0.798. The number of carbonyl (C=O) groups excluding carboxylic acids is 1. The molecule has 2 rings (SSSR count). The second-order valence-corrected chi connectivity index (χ2v) is 6.70. The van der Waals surface area contributed by atoms with E-state index in [1.54, 1.807) is 12.1 Å². The molecule has 0 aromatic heterocycles. The molecule has 23 heavy (non-hydrogen) atoms. The molecule has 3 N–H and O–H groups in total. The molecule has 0 heterocycles. The van der Waals surface area contributed by atoms with Gasteiger partial charge in [-0.2, -0.15) is 5.26 Å². The van der Waals surface area contributed by atoms with Crippen LogP contribution in [0, 0.1) is 16.7 Å². The first-order valence-corrected chi connectivity index (χ1v) is 8.17. The maximum absolute atomic E-state index is 12.1. The predicted molar refractivity (Wildman–Crippen MR) is 88.7 cm³/mol. The summed E-state index contributed by atoms with van der Waals surface area (Å²) in [5, 5.41) is 24.7. The van der Waals surface area contributed by atoms with Crippen molar-refractivity contribution in [1.82, 2.24) is 10.6 Å². The summed E-state index contributed by atoms with van der Waals surface area (Å²) in [6.45, 7) is 4.40. The molecule has 1 aromatic carbocycles. The van der Waals surface area contributed by atoms with E-state index in [4.69, 9.17) is 5.26 Å². The van der Waals surface area contributed by atoms with Gasteiger partial charge in [0.2, 0.25) is 0 Å². The zero-order valence-corrected chi connectivity index (χ0v) is 13.8. The van der Waals surface area contributed by atoms with Gasteiger partial charge in [0.05, 0.1) is 23.8 Å². The SMILES string of the molecule is C[C@H](NC(=O)NC[C@]1(C)CCCC[C@H]1O)c1ccc(C#N)cc1. The van der Waals surface area contributed by atoms with Crippen LogP contribution < -0.4 is 10.6 Å². The van der Waals surface area contributed by atoms with Crippen LogP contribution in [0.3, 0.4) is 0 Å². The molecule has 1 saturated carbocycles. The van der Waals surface area contributed by atoms with E-state index in [9.17, 15) is 9.90 Å². The fourth-order valence-corrected chi connectivity index (χ4v) is 3.05. The van der Waals surface area contributed by atoms with Crippen LogP contribution in [0.5, 0.6) is 0 Å². The molecule has 0 radical (unpaired) electrons. The van der Waals surface area contributed by atoms with Crippen molar-refractivity contribution in [1.29, 1.82) is 5.26 Å². The average Bonchev–Trinajstić information content (AvgIpc) is 2.56. The Bertz CT molecular complexity index is 579. The largest absolute Gasteiger partial charge is 0.392 e. The van der Waals surface area contributed by atoms with Gasteiger partial charge in [0.25, 0.3) is 0 Å². The molecule has 1 aliphatic rings. The van der Waals surface area contributed by atoms with Gasteiger partial charge >= 0.3 is 6.03 Å². The lowest BCUT2D eigenvalue weighted by molar-refractivity contribution is 0.00305. The summed E-state index contributed by atoms with van der Waals surface area (Å²) in [4.78, 5) is 12.1. The highest BCUT2D eigenvalue weighted by atomic mass is 16.3. The van der Waals surface area contributed by atoms with E-state index in [1.807, 2.05) is 26.0 Å². The molecule has 1 aromatic rings. The predicted octanol–water partition coefficient (Wildman–Crippen LogP) is 2.86. The summed E-state index contributed by atoms with van der Waals surface area (Å²) in [6, 6.07) is 8.86. The van der Waals surface area contributed by atoms with Crippen molar-refractivity contribution in [3.63, 3.8) is 0 Å². The first-order valence-electron chi connectivity index (χ1n) is 8.17. The number of urea groups is 1. The molecule has 0 bridgehead atoms. The highest BCUT2D eigenvalue weighted by Gasteiger charge is 2.35. The summed E-state index contributed by atoms with van der Waals surface area (Å²) in [6.07, 6.45) is 3.53. The molecular weight excluding hydrogens is 290 g/mol. The van der Waals surface area contributed by atoms with Gasteiger partial charge in [-0.3, -0.25) is 0 Å². The van der Waals surface area contributed by atoms with Crippen LogP contribution in [0.15, 0.2) is 24.3 Å². The van der Waals surface area contributed by atoms with Crippen molar-refractivity contribution in [2.45, 2.75) is 51.7 Å². The highest BCUT2D eigenvalue weighted by molar-refractivity contribution is 5.74. The van der Waals surface area contributed by atoms with E-state index in [0.29, 0.717) is 12.1 Å². The van der Waals surface area contributed by atoms with Crippen LogP contribution in [0.2, 0.25) is 0 Å². The van der Waals surface area contributed by atoms with Crippen LogP contribution in [0.25, 0.3) is 0 Å². The van der Waals surface area contributed by atoms with Gasteiger partial charge in [-0.25, -0.2) is 4.79 Å². The maximum atomic E-state index is 12.1. The second kappa shape index (κ2) is 7.47. The molecule has 0 unspecified atom stereocenters. The first kappa shape index (κ1) is 17.3. The maximum Gasteiger partial charge on any atom is 0.315 e. The Kier molecular flexibility index (Phi) is 5.62. The fraction of sp³-hybridized carbons (Fsp3) is 0.556. The number of nitrogens with one attached hydrogen (secondary N) is 2. The van der Waals surface area contributed by atoms with Gasteiger partial charge in [-0.05, 0) is 37.5 Å². The van der Waals surface area contributed by atoms with Crippen molar-refractivity contribution >= 4 is 6.03 Å². The highest BCUT2D eigenvalue weighted by Crippen LogP contribution is 2.35. The summed E-state index contributed by atoms with van der Waals surface area (Å²) >= 11 is 0. The van der Waals surface area contributed by atoms with Gasteiger partial charge in [-0.15, -0.1) is 0 Å². The molecule has 0 aliphatic heterocycles. The molecule has 1 aliphatic carbocycles.